The van der Waals surface area contributed by atoms with Gasteiger partial charge < -0.3 is 4.74 Å². The fraction of sp³-hybridized carbons (Fsp3) is 0.200. The third-order valence-electron chi connectivity index (χ3n) is 5.36. The maximum atomic E-state index is 13.2. The first-order valence-electron chi connectivity index (χ1n) is 11.2. The van der Waals surface area contributed by atoms with Gasteiger partial charge in [0, 0.05) is 18.3 Å². The highest BCUT2D eigenvalue weighted by molar-refractivity contribution is 7.99. The van der Waals surface area contributed by atoms with E-state index in [4.69, 9.17) is 4.74 Å². The first kappa shape index (κ1) is 26.2. The highest BCUT2D eigenvalue weighted by Crippen LogP contribution is 2.36. The van der Waals surface area contributed by atoms with Crippen molar-refractivity contribution in [2.75, 3.05) is 11.8 Å². The summed E-state index contributed by atoms with van der Waals surface area (Å²) in [5, 5.41) is 12.7. The monoisotopic (exact) mass is 540 g/mol. The zero-order valence-electron chi connectivity index (χ0n) is 20.2. The molecule has 1 heterocycles. The van der Waals surface area contributed by atoms with Crippen LogP contribution < -0.4 is 15.0 Å². The Labute approximate surface area is 217 Å². The molecule has 0 spiro atoms. The van der Waals surface area contributed by atoms with Crippen molar-refractivity contribution in [2.45, 2.75) is 35.3 Å². The molecule has 0 unspecified atom stereocenters. The number of rotatable bonds is 9. The van der Waals surface area contributed by atoms with Crippen molar-refractivity contribution in [3.63, 3.8) is 0 Å². The Balaban J connectivity index is 1.73. The minimum absolute atomic E-state index is 0.117. The van der Waals surface area contributed by atoms with Crippen LogP contribution in [0.2, 0.25) is 0 Å². The standard InChI is InChI=1S/C25H24N4O6S2/c1-16(2)15-28-24(30)20-6-4-5-7-21(20)26-25(28)36-23-13-12-19(14-22(23)29(31)32)37(33,34)27-17-8-10-18(35-3)11-9-17/h4-14,16,27H,15H2,1-3H3. The third-order valence-corrected chi connectivity index (χ3v) is 7.79. The number of aromatic nitrogens is 2. The molecule has 0 aliphatic rings. The van der Waals surface area contributed by atoms with Gasteiger partial charge in [-0.25, -0.2) is 13.4 Å². The van der Waals surface area contributed by atoms with Crippen LogP contribution in [0.3, 0.4) is 0 Å². The number of nitro groups is 1. The van der Waals surface area contributed by atoms with Gasteiger partial charge in [0.05, 0.1) is 32.7 Å². The fourth-order valence-corrected chi connectivity index (χ4v) is 5.68. The maximum absolute atomic E-state index is 13.2. The average molecular weight is 541 g/mol. The molecule has 0 fully saturated rings. The molecule has 0 atom stereocenters. The second-order valence-corrected chi connectivity index (χ2v) is 11.2. The minimum atomic E-state index is -4.11. The number of nitro benzene ring substituents is 1. The largest absolute Gasteiger partial charge is 0.497 e. The van der Waals surface area contributed by atoms with Crippen LogP contribution in [-0.4, -0.2) is 30.0 Å². The van der Waals surface area contributed by atoms with Crippen molar-refractivity contribution in [1.29, 1.82) is 0 Å². The second-order valence-electron chi connectivity index (χ2n) is 8.54. The Hall–Kier alpha value is -3.90. The number of nitrogens with one attached hydrogen (secondary N) is 1. The SMILES string of the molecule is COc1ccc(NS(=O)(=O)c2ccc(Sc3nc4ccccc4c(=O)n3CC(C)C)c([N+](=O)[O-])c2)cc1. The molecule has 0 amide bonds. The Kier molecular flexibility index (Phi) is 7.50. The summed E-state index contributed by atoms with van der Waals surface area (Å²) in [6.07, 6.45) is 0. The van der Waals surface area contributed by atoms with E-state index in [1.807, 2.05) is 13.8 Å². The van der Waals surface area contributed by atoms with Crippen LogP contribution in [0, 0.1) is 16.0 Å². The van der Waals surface area contributed by atoms with Gasteiger partial charge in [0.15, 0.2) is 5.16 Å². The third kappa shape index (κ3) is 5.75. The molecule has 0 aliphatic heterocycles. The molecule has 0 saturated heterocycles. The van der Waals surface area contributed by atoms with Gasteiger partial charge in [-0.1, -0.05) is 26.0 Å². The lowest BCUT2D eigenvalue weighted by Gasteiger charge is -2.15. The Morgan fingerprint density at radius 1 is 1.11 bits per heavy atom. The summed E-state index contributed by atoms with van der Waals surface area (Å²) in [4.78, 5) is 28.9. The fourth-order valence-electron chi connectivity index (χ4n) is 3.62. The molecule has 1 aromatic heterocycles. The molecule has 4 rings (SSSR count). The van der Waals surface area contributed by atoms with E-state index < -0.39 is 20.6 Å². The van der Waals surface area contributed by atoms with Crippen molar-refractivity contribution in [1.82, 2.24) is 9.55 Å². The molecular formula is C25H24N4O6S2. The number of para-hydroxylation sites is 1. The van der Waals surface area contributed by atoms with Crippen LogP contribution >= 0.6 is 11.8 Å². The Morgan fingerprint density at radius 3 is 2.46 bits per heavy atom. The van der Waals surface area contributed by atoms with Gasteiger partial charge in [0.1, 0.15) is 5.75 Å². The van der Waals surface area contributed by atoms with Crippen LogP contribution in [-0.2, 0) is 16.6 Å². The number of hydrogen-bond acceptors (Lipinski definition) is 8. The van der Waals surface area contributed by atoms with Gasteiger partial charge in [0.25, 0.3) is 21.3 Å². The molecule has 4 aromatic rings. The number of methoxy groups -OCH3 is 1. The van der Waals surface area contributed by atoms with Crippen LogP contribution in [0.1, 0.15) is 13.8 Å². The molecule has 10 nitrogen and oxygen atoms in total. The normalized spacial score (nSPS) is 11.6. The van der Waals surface area contributed by atoms with Gasteiger partial charge >= 0.3 is 0 Å². The number of nitrogens with zero attached hydrogens (tertiary/aromatic N) is 3. The molecule has 37 heavy (non-hydrogen) atoms. The minimum Gasteiger partial charge on any atom is -0.497 e. The van der Waals surface area contributed by atoms with E-state index in [2.05, 4.69) is 9.71 Å². The number of benzene rings is 3. The van der Waals surface area contributed by atoms with Crippen LogP contribution in [0.4, 0.5) is 11.4 Å². The first-order chi connectivity index (χ1) is 17.6. The summed E-state index contributed by atoms with van der Waals surface area (Å²) < 4.78 is 34.8. The summed E-state index contributed by atoms with van der Waals surface area (Å²) in [6, 6.07) is 16.8. The zero-order chi connectivity index (χ0) is 26.7. The van der Waals surface area contributed by atoms with E-state index in [9.17, 15) is 23.3 Å². The summed E-state index contributed by atoms with van der Waals surface area (Å²) in [6.45, 7) is 4.27. The lowest BCUT2D eigenvalue weighted by atomic mass is 10.2. The number of fused-ring (bicyclic) bond motifs is 1. The van der Waals surface area contributed by atoms with E-state index in [0.717, 1.165) is 17.8 Å². The van der Waals surface area contributed by atoms with E-state index in [0.29, 0.717) is 23.2 Å². The van der Waals surface area contributed by atoms with Crippen molar-refractivity contribution >= 4 is 44.1 Å². The molecular weight excluding hydrogens is 516 g/mol. The van der Waals surface area contributed by atoms with E-state index in [1.54, 1.807) is 36.4 Å². The van der Waals surface area contributed by atoms with E-state index in [1.165, 1.54) is 35.9 Å². The van der Waals surface area contributed by atoms with Crippen molar-refractivity contribution in [3.8, 4) is 5.75 Å². The van der Waals surface area contributed by atoms with Crippen LogP contribution in [0.5, 0.6) is 5.75 Å². The number of ether oxygens (including phenoxy) is 1. The number of hydrogen-bond donors (Lipinski definition) is 1. The Morgan fingerprint density at radius 2 is 1.81 bits per heavy atom. The summed E-state index contributed by atoms with van der Waals surface area (Å²) in [5.41, 5.74) is 0.0916. The zero-order valence-corrected chi connectivity index (χ0v) is 21.9. The molecule has 12 heteroatoms. The second kappa shape index (κ2) is 10.6. The summed E-state index contributed by atoms with van der Waals surface area (Å²) in [7, 11) is -2.62. The van der Waals surface area contributed by atoms with Crippen molar-refractivity contribution in [3.05, 3.63) is 87.2 Å². The van der Waals surface area contributed by atoms with Gasteiger partial charge in [0.2, 0.25) is 0 Å². The van der Waals surface area contributed by atoms with Gasteiger partial charge in [-0.15, -0.1) is 0 Å². The maximum Gasteiger partial charge on any atom is 0.284 e. The summed E-state index contributed by atoms with van der Waals surface area (Å²) >= 11 is 0.949. The van der Waals surface area contributed by atoms with Gasteiger partial charge in [-0.05, 0) is 66.2 Å². The smallest absolute Gasteiger partial charge is 0.284 e. The van der Waals surface area contributed by atoms with Crippen molar-refractivity contribution in [2.24, 2.45) is 5.92 Å². The lowest BCUT2D eigenvalue weighted by molar-refractivity contribution is -0.388. The molecule has 3 aromatic carbocycles. The number of sulfonamides is 1. The van der Waals surface area contributed by atoms with Gasteiger partial charge in [-0.2, -0.15) is 0 Å². The quantitative estimate of drug-likeness (QED) is 0.180. The van der Waals surface area contributed by atoms with Crippen LogP contribution in [0.25, 0.3) is 10.9 Å². The molecule has 0 radical (unpaired) electrons. The molecule has 0 aliphatic carbocycles. The molecule has 192 valence electrons. The Bertz CT molecular complexity index is 1630. The summed E-state index contributed by atoms with van der Waals surface area (Å²) in [5.74, 6) is 0.671. The first-order valence-corrected chi connectivity index (χ1v) is 13.5. The molecule has 0 bridgehead atoms. The number of anilines is 1. The predicted molar refractivity (Wildman–Crippen MR) is 142 cm³/mol. The predicted octanol–water partition coefficient (Wildman–Crippen LogP) is 4.92. The van der Waals surface area contributed by atoms with Crippen LogP contribution in [0.15, 0.2) is 86.5 Å². The molecule has 1 N–H and O–H groups in total. The molecule has 0 saturated carbocycles. The van der Waals surface area contributed by atoms with Gasteiger partial charge in [-0.3, -0.25) is 24.2 Å². The highest BCUT2D eigenvalue weighted by Gasteiger charge is 2.24. The lowest BCUT2D eigenvalue weighted by Crippen LogP contribution is -2.25. The highest BCUT2D eigenvalue weighted by atomic mass is 32.2. The van der Waals surface area contributed by atoms with Crippen molar-refractivity contribution < 1.29 is 18.1 Å². The average Bonchev–Trinajstić information content (AvgIpc) is 2.86. The van der Waals surface area contributed by atoms with E-state index in [-0.39, 0.29) is 32.1 Å². The van der Waals surface area contributed by atoms with E-state index >= 15 is 0 Å². The topological polar surface area (TPSA) is 133 Å².